The summed E-state index contributed by atoms with van der Waals surface area (Å²) in [7, 11) is 0. The Kier molecular flexibility index (Phi) is 2.17. The summed E-state index contributed by atoms with van der Waals surface area (Å²) in [5.74, 6) is 1.56. The summed E-state index contributed by atoms with van der Waals surface area (Å²) >= 11 is 0. The number of aliphatic hydroxyl groups is 1. The van der Waals surface area contributed by atoms with Crippen molar-refractivity contribution in [3.63, 3.8) is 0 Å². The molecule has 1 nitrogen and oxygen atoms in total. The van der Waals surface area contributed by atoms with E-state index in [1.165, 1.54) is 38.5 Å². The van der Waals surface area contributed by atoms with Crippen LogP contribution in [-0.2, 0) is 0 Å². The summed E-state index contributed by atoms with van der Waals surface area (Å²) in [6, 6.07) is 0. The Hall–Kier alpha value is -0.0400. The minimum Gasteiger partial charge on any atom is -0.393 e. The highest BCUT2D eigenvalue weighted by molar-refractivity contribution is 4.84. The molecule has 0 bridgehead atoms. The minimum absolute atomic E-state index is 0.0500. The first-order chi connectivity index (χ1) is 5.38. The first-order valence-electron chi connectivity index (χ1n) is 5.06. The number of hydrogen-bond donors (Lipinski definition) is 1. The number of aliphatic hydroxyl groups excluding tert-OH is 1. The Morgan fingerprint density at radius 3 is 2.36 bits per heavy atom. The summed E-state index contributed by atoms with van der Waals surface area (Å²) in [6.07, 6.45) is 9.24. The second-order valence-electron chi connectivity index (χ2n) is 4.21. The maximum Gasteiger partial charge on any atom is 0.0571 e. The van der Waals surface area contributed by atoms with Crippen molar-refractivity contribution in [1.29, 1.82) is 0 Å². The van der Waals surface area contributed by atoms with Crippen molar-refractivity contribution in [3.05, 3.63) is 0 Å². The fraction of sp³-hybridized carbons (Fsp3) is 1.00. The second kappa shape index (κ2) is 3.14. The number of hydrogen-bond acceptors (Lipinski definition) is 1. The lowest BCUT2D eigenvalue weighted by Gasteiger charge is -2.38. The average molecular weight is 154 g/mol. The highest BCUT2D eigenvalue weighted by atomic mass is 16.3. The van der Waals surface area contributed by atoms with Crippen molar-refractivity contribution < 1.29 is 5.11 Å². The van der Waals surface area contributed by atoms with Gasteiger partial charge >= 0.3 is 0 Å². The zero-order chi connectivity index (χ0) is 7.68. The molecule has 0 aromatic carbocycles. The van der Waals surface area contributed by atoms with Crippen LogP contribution in [0.1, 0.15) is 44.9 Å². The van der Waals surface area contributed by atoms with Crippen LogP contribution in [0.4, 0.5) is 0 Å². The molecule has 2 saturated carbocycles. The van der Waals surface area contributed by atoms with Crippen molar-refractivity contribution in [2.45, 2.75) is 51.0 Å². The maximum absolute atomic E-state index is 9.70. The van der Waals surface area contributed by atoms with Crippen LogP contribution in [0.3, 0.4) is 0 Å². The fourth-order valence-corrected chi connectivity index (χ4v) is 2.90. The molecule has 0 aromatic heterocycles. The highest BCUT2D eigenvalue weighted by Crippen LogP contribution is 2.40. The predicted octanol–water partition coefficient (Wildman–Crippen LogP) is 2.34. The van der Waals surface area contributed by atoms with Gasteiger partial charge in [0.2, 0.25) is 0 Å². The summed E-state index contributed by atoms with van der Waals surface area (Å²) in [5, 5.41) is 9.70. The summed E-state index contributed by atoms with van der Waals surface area (Å²) in [5.41, 5.74) is 0. The van der Waals surface area contributed by atoms with Crippen molar-refractivity contribution in [2.24, 2.45) is 11.8 Å². The van der Waals surface area contributed by atoms with E-state index in [9.17, 15) is 5.11 Å². The Bertz CT molecular complexity index is 131. The molecular formula is C10H18O. The monoisotopic (exact) mass is 154 g/mol. The molecule has 2 aliphatic rings. The van der Waals surface area contributed by atoms with Crippen LogP contribution < -0.4 is 0 Å². The van der Waals surface area contributed by atoms with E-state index in [1.807, 2.05) is 0 Å². The van der Waals surface area contributed by atoms with E-state index in [0.717, 1.165) is 12.3 Å². The Balaban J connectivity index is 1.99. The molecular weight excluding hydrogens is 136 g/mol. The van der Waals surface area contributed by atoms with Gasteiger partial charge in [-0.05, 0) is 31.1 Å². The standard InChI is InChI=1S/C10H18O/c11-10-7-3-5-8-4-1-2-6-9(8)10/h8-11H,1-7H2/t8-,9-,10?/m0/s1. The van der Waals surface area contributed by atoms with E-state index in [1.54, 1.807) is 0 Å². The van der Waals surface area contributed by atoms with Gasteiger partial charge in [-0.2, -0.15) is 0 Å². The molecule has 64 valence electrons. The van der Waals surface area contributed by atoms with E-state index in [-0.39, 0.29) is 6.10 Å². The Labute approximate surface area is 68.8 Å². The SMILES string of the molecule is OC1CCC[C@@H]2CCCC[C@H]12. The van der Waals surface area contributed by atoms with Crippen molar-refractivity contribution in [1.82, 2.24) is 0 Å². The van der Waals surface area contributed by atoms with Crippen LogP contribution in [0.5, 0.6) is 0 Å². The Morgan fingerprint density at radius 2 is 1.55 bits per heavy atom. The van der Waals surface area contributed by atoms with Crippen LogP contribution in [0.2, 0.25) is 0 Å². The highest BCUT2D eigenvalue weighted by Gasteiger charge is 2.33. The molecule has 0 heterocycles. The lowest BCUT2D eigenvalue weighted by Crippen LogP contribution is -2.34. The molecule has 0 aliphatic heterocycles. The molecule has 1 heteroatoms. The van der Waals surface area contributed by atoms with Gasteiger partial charge in [0.15, 0.2) is 0 Å². The minimum atomic E-state index is 0.0500. The van der Waals surface area contributed by atoms with Crippen LogP contribution in [0.15, 0.2) is 0 Å². The van der Waals surface area contributed by atoms with Crippen LogP contribution in [-0.4, -0.2) is 11.2 Å². The molecule has 3 atom stereocenters. The largest absolute Gasteiger partial charge is 0.393 e. The molecule has 0 saturated heterocycles. The smallest absolute Gasteiger partial charge is 0.0571 e. The third kappa shape index (κ3) is 1.44. The lowest BCUT2D eigenvalue weighted by molar-refractivity contribution is 0.0105. The molecule has 11 heavy (non-hydrogen) atoms. The third-order valence-electron chi connectivity index (χ3n) is 3.54. The quantitative estimate of drug-likeness (QED) is 0.568. The molecule has 0 spiro atoms. The van der Waals surface area contributed by atoms with Gasteiger partial charge in [0.25, 0.3) is 0 Å². The first kappa shape index (κ1) is 7.60. The van der Waals surface area contributed by atoms with Gasteiger partial charge in [0, 0.05) is 0 Å². The van der Waals surface area contributed by atoms with Gasteiger partial charge in [-0.15, -0.1) is 0 Å². The topological polar surface area (TPSA) is 20.2 Å². The van der Waals surface area contributed by atoms with E-state index in [2.05, 4.69) is 0 Å². The zero-order valence-corrected chi connectivity index (χ0v) is 7.13. The normalized spacial score (nSPS) is 45.0. The van der Waals surface area contributed by atoms with Crippen LogP contribution in [0, 0.1) is 11.8 Å². The van der Waals surface area contributed by atoms with Gasteiger partial charge < -0.3 is 5.11 Å². The molecule has 2 aliphatic carbocycles. The molecule has 1 unspecified atom stereocenters. The van der Waals surface area contributed by atoms with Gasteiger partial charge in [0.05, 0.1) is 6.10 Å². The van der Waals surface area contributed by atoms with Gasteiger partial charge in [0.1, 0.15) is 0 Å². The average Bonchev–Trinajstić information content (AvgIpc) is 2.06. The zero-order valence-electron chi connectivity index (χ0n) is 7.13. The maximum atomic E-state index is 9.70. The first-order valence-corrected chi connectivity index (χ1v) is 5.06. The molecule has 2 rings (SSSR count). The predicted molar refractivity (Wildman–Crippen MR) is 45.3 cm³/mol. The molecule has 2 fully saturated rings. The van der Waals surface area contributed by atoms with E-state index >= 15 is 0 Å². The van der Waals surface area contributed by atoms with E-state index < -0.39 is 0 Å². The summed E-state index contributed by atoms with van der Waals surface area (Å²) in [6.45, 7) is 0. The van der Waals surface area contributed by atoms with Crippen molar-refractivity contribution in [2.75, 3.05) is 0 Å². The van der Waals surface area contributed by atoms with E-state index in [0.29, 0.717) is 5.92 Å². The molecule has 1 N–H and O–H groups in total. The number of rotatable bonds is 0. The molecule has 0 radical (unpaired) electrons. The van der Waals surface area contributed by atoms with E-state index in [4.69, 9.17) is 0 Å². The third-order valence-corrected chi connectivity index (χ3v) is 3.54. The Morgan fingerprint density at radius 1 is 0.818 bits per heavy atom. The molecule has 0 amide bonds. The fourth-order valence-electron chi connectivity index (χ4n) is 2.90. The van der Waals surface area contributed by atoms with Gasteiger partial charge in [-0.3, -0.25) is 0 Å². The summed E-state index contributed by atoms with van der Waals surface area (Å²) < 4.78 is 0. The second-order valence-corrected chi connectivity index (χ2v) is 4.21. The van der Waals surface area contributed by atoms with Crippen molar-refractivity contribution >= 4 is 0 Å². The van der Waals surface area contributed by atoms with Gasteiger partial charge in [-0.25, -0.2) is 0 Å². The van der Waals surface area contributed by atoms with Crippen LogP contribution >= 0.6 is 0 Å². The van der Waals surface area contributed by atoms with Gasteiger partial charge in [-0.1, -0.05) is 25.7 Å². The lowest BCUT2D eigenvalue weighted by atomic mass is 9.69. The summed E-state index contributed by atoms with van der Waals surface area (Å²) in [4.78, 5) is 0. The van der Waals surface area contributed by atoms with Crippen molar-refractivity contribution in [3.8, 4) is 0 Å². The number of fused-ring (bicyclic) bond motifs is 1. The molecule has 0 aromatic rings. The van der Waals surface area contributed by atoms with Crippen LogP contribution in [0.25, 0.3) is 0 Å².